The molecule has 3 heteroatoms. The standard InChI is InChI=1S/C7H9NOS/c1-2-7(9)8-6-3-4-10-5-6/h3-5H,2H2,1H3,(H,8,9). The molecule has 0 spiro atoms. The Morgan fingerprint density at radius 1 is 1.80 bits per heavy atom. The first-order chi connectivity index (χ1) is 4.83. The van der Waals surface area contributed by atoms with Crippen LogP contribution in [0, 0.1) is 0 Å². The van der Waals surface area contributed by atoms with E-state index in [1.54, 1.807) is 11.3 Å². The average molecular weight is 155 g/mol. The van der Waals surface area contributed by atoms with Gasteiger partial charge in [-0.25, -0.2) is 0 Å². The van der Waals surface area contributed by atoms with E-state index in [2.05, 4.69) is 5.32 Å². The number of nitrogens with one attached hydrogen (secondary N) is 1. The molecule has 1 amide bonds. The molecule has 1 N–H and O–H groups in total. The molecule has 10 heavy (non-hydrogen) atoms. The minimum Gasteiger partial charge on any atom is -0.325 e. The molecule has 0 saturated heterocycles. The van der Waals surface area contributed by atoms with Crippen LogP contribution in [0.15, 0.2) is 16.8 Å². The van der Waals surface area contributed by atoms with Crippen molar-refractivity contribution < 1.29 is 4.79 Å². The number of anilines is 1. The van der Waals surface area contributed by atoms with Crippen molar-refractivity contribution in [2.75, 3.05) is 5.32 Å². The van der Waals surface area contributed by atoms with Gasteiger partial charge in [0, 0.05) is 11.8 Å². The number of thiophene rings is 1. The first kappa shape index (κ1) is 7.28. The van der Waals surface area contributed by atoms with Crippen LogP contribution in [0.5, 0.6) is 0 Å². The van der Waals surface area contributed by atoms with Crippen molar-refractivity contribution in [2.45, 2.75) is 13.3 Å². The molecule has 1 heterocycles. The molecule has 0 saturated carbocycles. The van der Waals surface area contributed by atoms with E-state index in [9.17, 15) is 4.79 Å². The Bertz CT molecular complexity index is 205. The summed E-state index contributed by atoms with van der Waals surface area (Å²) < 4.78 is 0. The molecular formula is C7H9NOS. The summed E-state index contributed by atoms with van der Waals surface area (Å²) in [5, 5.41) is 6.59. The summed E-state index contributed by atoms with van der Waals surface area (Å²) in [5.74, 6) is 0.0680. The van der Waals surface area contributed by atoms with Gasteiger partial charge in [0.05, 0.1) is 5.69 Å². The SMILES string of the molecule is CCC(=O)Nc1ccsc1. The summed E-state index contributed by atoms with van der Waals surface area (Å²) in [6, 6.07) is 1.89. The van der Waals surface area contributed by atoms with Crippen LogP contribution in [0.25, 0.3) is 0 Å². The van der Waals surface area contributed by atoms with Crippen molar-refractivity contribution in [2.24, 2.45) is 0 Å². The highest BCUT2D eigenvalue weighted by molar-refractivity contribution is 7.08. The van der Waals surface area contributed by atoms with Crippen molar-refractivity contribution in [1.29, 1.82) is 0 Å². The maximum atomic E-state index is 10.8. The minimum atomic E-state index is 0.0680. The summed E-state index contributed by atoms with van der Waals surface area (Å²) in [5.41, 5.74) is 0.900. The predicted octanol–water partition coefficient (Wildman–Crippen LogP) is 2.10. The monoisotopic (exact) mass is 155 g/mol. The summed E-state index contributed by atoms with van der Waals surface area (Å²) in [7, 11) is 0. The Labute approximate surface area is 63.9 Å². The molecule has 0 atom stereocenters. The highest BCUT2D eigenvalue weighted by Gasteiger charge is 1.96. The molecule has 0 bridgehead atoms. The third-order valence-electron chi connectivity index (χ3n) is 1.13. The summed E-state index contributed by atoms with van der Waals surface area (Å²) in [4.78, 5) is 10.8. The van der Waals surface area contributed by atoms with E-state index >= 15 is 0 Å². The van der Waals surface area contributed by atoms with Crippen LogP contribution in [-0.4, -0.2) is 5.91 Å². The van der Waals surface area contributed by atoms with E-state index in [0.717, 1.165) is 5.69 Å². The lowest BCUT2D eigenvalue weighted by molar-refractivity contribution is -0.115. The first-order valence-electron chi connectivity index (χ1n) is 3.15. The summed E-state index contributed by atoms with van der Waals surface area (Å²) in [6.07, 6.45) is 0.538. The highest BCUT2D eigenvalue weighted by atomic mass is 32.1. The van der Waals surface area contributed by atoms with Crippen LogP contribution in [-0.2, 0) is 4.79 Å². The zero-order valence-electron chi connectivity index (χ0n) is 5.76. The molecule has 0 fully saturated rings. The van der Waals surface area contributed by atoms with Gasteiger partial charge in [0.25, 0.3) is 0 Å². The number of hydrogen-bond donors (Lipinski definition) is 1. The largest absolute Gasteiger partial charge is 0.325 e. The van der Waals surface area contributed by atoms with Crippen molar-refractivity contribution in [3.63, 3.8) is 0 Å². The third-order valence-corrected chi connectivity index (χ3v) is 1.81. The van der Waals surface area contributed by atoms with Crippen molar-refractivity contribution in [3.05, 3.63) is 16.8 Å². The molecule has 1 rings (SSSR count). The quantitative estimate of drug-likeness (QED) is 0.696. The number of carbonyl (C=O) groups is 1. The lowest BCUT2D eigenvalue weighted by atomic mass is 10.4. The van der Waals surface area contributed by atoms with E-state index in [-0.39, 0.29) is 5.91 Å². The Morgan fingerprint density at radius 2 is 2.60 bits per heavy atom. The molecule has 0 aromatic carbocycles. The van der Waals surface area contributed by atoms with Gasteiger partial charge in [-0.05, 0) is 11.4 Å². The topological polar surface area (TPSA) is 29.1 Å². The molecule has 54 valence electrons. The predicted molar refractivity (Wildman–Crippen MR) is 43.2 cm³/mol. The van der Waals surface area contributed by atoms with E-state index in [4.69, 9.17) is 0 Å². The number of hydrogen-bond acceptors (Lipinski definition) is 2. The summed E-state index contributed by atoms with van der Waals surface area (Å²) >= 11 is 1.58. The molecule has 1 aromatic heterocycles. The van der Waals surface area contributed by atoms with Gasteiger partial charge in [-0.1, -0.05) is 6.92 Å². The molecule has 0 unspecified atom stereocenters. The van der Waals surface area contributed by atoms with Crippen LogP contribution in [0.4, 0.5) is 5.69 Å². The number of rotatable bonds is 2. The molecular weight excluding hydrogens is 146 g/mol. The van der Waals surface area contributed by atoms with Crippen LogP contribution >= 0.6 is 11.3 Å². The zero-order chi connectivity index (χ0) is 7.40. The van der Waals surface area contributed by atoms with Crippen molar-refractivity contribution in [3.8, 4) is 0 Å². The average Bonchev–Trinajstić information content (AvgIpc) is 2.40. The van der Waals surface area contributed by atoms with E-state index in [1.807, 2.05) is 23.8 Å². The molecule has 0 aliphatic carbocycles. The molecule has 0 radical (unpaired) electrons. The smallest absolute Gasteiger partial charge is 0.224 e. The first-order valence-corrected chi connectivity index (χ1v) is 4.09. The van der Waals surface area contributed by atoms with E-state index in [1.165, 1.54) is 0 Å². The van der Waals surface area contributed by atoms with Gasteiger partial charge in [0.15, 0.2) is 0 Å². The van der Waals surface area contributed by atoms with Gasteiger partial charge >= 0.3 is 0 Å². The van der Waals surface area contributed by atoms with Crippen molar-refractivity contribution >= 4 is 22.9 Å². The van der Waals surface area contributed by atoms with E-state index in [0.29, 0.717) is 6.42 Å². The Balaban J connectivity index is 2.48. The van der Waals surface area contributed by atoms with Crippen LogP contribution < -0.4 is 5.32 Å². The Morgan fingerprint density at radius 3 is 3.10 bits per heavy atom. The minimum absolute atomic E-state index is 0.0680. The van der Waals surface area contributed by atoms with Gasteiger partial charge in [0.2, 0.25) is 5.91 Å². The fourth-order valence-electron chi connectivity index (χ4n) is 0.585. The van der Waals surface area contributed by atoms with Gasteiger partial charge in [0.1, 0.15) is 0 Å². The van der Waals surface area contributed by atoms with Crippen LogP contribution in [0.2, 0.25) is 0 Å². The molecule has 0 aliphatic rings. The molecule has 2 nitrogen and oxygen atoms in total. The van der Waals surface area contributed by atoms with Crippen LogP contribution in [0.3, 0.4) is 0 Å². The second kappa shape index (κ2) is 3.37. The lowest BCUT2D eigenvalue weighted by Crippen LogP contribution is -2.08. The number of amides is 1. The molecule has 0 aliphatic heterocycles. The second-order valence-electron chi connectivity index (χ2n) is 1.91. The van der Waals surface area contributed by atoms with Gasteiger partial charge in [-0.2, -0.15) is 11.3 Å². The third kappa shape index (κ3) is 1.84. The number of carbonyl (C=O) groups excluding carboxylic acids is 1. The summed E-state index contributed by atoms with van der Waals surface area (Å²) in [6.45, 7) is 1.84. The Hall–Kier alpha value is -0.830. The normalized spacial score (nSPS) is 9.30. The van der Waals surface area contributed by atoms with Crippen LogP contribution in [0.1, 0.15) is 13.3 Å². The van der Waals surface area contributed by atoms with Gasteiger partial charge in [-0.3, -0.25) is 4.79 Å². The fourth-order valence-corrected chi connectivity index (χ4v) is 1.17. The maximum Gasteiger partial charge on any atom is 0.224 e. The Kier molecular flexibility index (Phi) is 2.45. The fraction of sp³-hybridized carbons (Fsp3) is 0.286. The van der Waals surface area contributed by atoms with Gasteiger partial charge < -0.3 is 5.32 Å². The molecule has 1 aromatic rings. The highest BCUT2D eigenvalue weighted by Crippen LogP contribution is 2.11. The van der Waals surface area contributed by atoms with E-state index < -0.39 is 0 Å². The van der Waals surface area contributed by atoms with Gasteiger partial charge in [-0.15, -0.1) is 0 Å². The zero-order valence-corrected chi connectivity index (χ0v) is 6.57. The second-order valence-corrected chi connectivity index (χ2v) is 2.69. The maximum absolute atomic E-state index is 10.8. The lowest BCUT2D eigenvalue weighted by Gasteiger charge is -1.96. The van der Waals surface area contributed by atoms with Crippen molar-refractivity contribution in [1.82, 2.24) is 0 Å².